The Morgan fingerprint density at radius 2 is 2.36 bits per heavy atom. The van der Waals surface area contributed by atoms with Crippen molar-refractivity contribution in [2.24, 2.45) is 0 Å². The third kappa shape index (κ3) is 2.90. The SMILES string of the molecule is OCCOC1([SiH3])CCCCO1. The minimum absolute atomic E-state index is 0.0906. The van der Waals surface area contributed by atoms with Gasteiger partial charge in [-0.1, -0.05) is 0 Å². The van der Waals surface area contributed by atoms with Gasteiger partial charge in [-0.05, 0) is 19.3 Å². The van der Waals surface area contributed by atoms with E-state index < -0.39 is 0 Å². The van der Waals surface area contributed by atoms with E-state index in [0.717, 1.165) is 29.7 Å². The van der Waals surface area contributed by atoms with Gasteiger partial charge < -0.3 is 14.6 Å². The second-order valence-corrected chi connectivity index (χ2v) is 4.54. The van der Waals surface area contributed by atoms with Crippen molar-refractivity contribution in [3.05, 3.63) is 0 Å². The van der Waals surface area contributed by atoms with E-state index in [2.05, 4.69) is 0 Å². The van der Waals surface area contributed by atoms with E-state index in [1.54, 1.807) is 0 Å². The topological polar surface area (TPSA) is 38.7 Å². The lowest BCUT2D eigenvalue weighted by Crippen LogP contribution is -2.40. The molecule has 0 bridgehead atoms. The van der Waals surface area contributed by atoms with Gasteiger partial charge in [0.2, 0.25) is 0 Å². The van der Waals surface area contributed by atoms with Crippen LogP contribution in [0.25, 0.3) is 0 Å². The Labute approximate surface area is 70.1 Å². The predicted octanol–water partition coefficient (Wildman–Crippen LogP) is -0.785. The Bertz CT molecular complexity index is 112. The Morgan fingerprint density at radius 3 is 2.91 bits per heavy atom. The number of hydrogen-bond donors (Lipinski definition) is 1. The maximum absolute atomic E-state index is 8.55. The molecule has 0 aromatic rings. The van der Waals surface area contributed by atoms with E-state index >= 15 is 0 Å². The minimum Gasteiger partial charge on any atom is -0.394 e. The molecule has 66 valence electrons. The van der Waals surface area contributed by atoms with Gasteiger partial charge in [0.1, 0.15) is 5.41 Å². The second kappa shape index (κ2) is 4.20. The van der Waals surface area contributed by atoms with Crippen LogP contribution in [0.5, 0.6) is 0 Å². The fourth-order valence-electron chi connectivity index (χ4n) is 1.28. The molecule has 1 fully saturated rings. The van der Waals surface area contributed by atoms with Crippen molar-refractivity contribution in [2.45, 2.75) is 24.7 Å². The molecular formula is C7H16O3Si. The first-order chi connectivity index (χ1) is 5.27. The highest BCUT2D eigenvalue weighted by atomic mass is 28.1. The molecule has 0 spiro atoms. The summed E-state index contributed by atoms with van der Waals surface area (Å²) in [6.45, 7) is 1.31. The van der Waals surface area contributed by atoms with Crippen molar-refractivity contribution in [1.82, 2.24) is 0 Å². The molecule has 1 aliphatic rings. The maximum Gasteiger partial charge on any atom is 0.141 e. The largest absolute Gasteiger partial charge is 0.394 e. The van der Waals surface area contributed by atoms with Crippen molar-refractivity contribution in [1.29, 1.82) is 0 Å². The zero-order valence-corrected chi connectivity index (χ0v) is 9.01. The van der Waals surface area contributed by atoms with Crippen LogP contribution in [0.2, 0.25) is 0 Å². The second-order valence-electron chi connectivity index (χ2n) is 3.01. The van der Waals surface area contributed by atoms with Gasteiger partial charge in [0.05, 0.1) is 23.5 Å². The van der Waals surface area contributed by atoms with Crippen LogP contribution in [-0.4, -0.2) is 40.6 Å². The van der Waals surface area contributed by atoms with Gasteiger partial charge in [0.15, 0.2) is 0 Å². The normalized spacial score (nSPS) is 32.5. The summed E-state index contributed by atoms with van der Waals surface area (Å²) in [5, 5.41) is 8.55. The first-order valence-corrected chi connectivity index (χ1v) is 5.16. The third-order valence-corrected chi connectivity index (χ3v) is 3.01. The summed E-state index contributed by atoms with van der Waals surface area (Å²) in [5.74, 6) is 0. The molecule has 1 atom stereocenters. The zero-order valence-electron chi connectivity index (χ0n) is 7.01. The smallest absolute Gasteiger partial charge is 0.141 e. The summed E-state index contributed by atoms with van der Waals surface area (Å²) in [4.78, 5) is 0. The summed E-state index contributed by atoms with van der Waals surface area (Å²) in [5.41, 5.74) is -0.291. The molecule has 4 heteroatoms. The molecule has 1 N–H and O–H groups in total. The van der Waals surface area contributed by atoms with Gasteiger partial charge in [-0.3, -0.25) is 0 Å². The Kier molecular flexibility index (Phi) is 3.51. The van der Waals surface area contributed by atoms with Crippen molar-refractivity contribution in [2.75, 3.05) is 19.8 Å². The molecule has 0 aromatic carbocycles. The molecule has 1 heterocycles. The van der Waals surface area contributed by atoms with Gasteiger partial charge >= 0.3 is 0 Å². The highest BCUT2D eigenvalue weighted by molar-refractivity contribution is 6.13. The molecule has 3 nitrogen and oxygen atoms in total. The molecule has 0 saturated carbocycles. The molecule has 0 radical (unpaired) electrons. The molecule has 0 amide bonds. The predicted molar refractivity (Wildman–Crippen MR) is 45.5 cm³/mol. The molecule has 0 aromatic heterocycles. The van der Waals surface area contributed by atoms with Crippen molar-refractivity contribution < 1.29 is 14.6 Å². The van der Waals surface area contributed by atoms with Crippen LogP contribution in [0.3, 0.4) is 0 Å². The van der Waals surface area contributed by atoms with Crippen LogP contribution in [0.1, 0.15) is 19.3 Å². The lowest BCUT2D eigenvalue weighted by molar-refractivity contribution is -0.201. The standard InChI is InChI=1S/C7H16O3Si/c8-4-6-10-7(11)3-1-2-5-9-7/h8H,1-6H2,11H3. The average molecular weight is 176 g/mol. The Balaban J connectivity index is 2.25. The van der Waals surface area contributed by atoms with Gasteiger partial charge in [-0.2, -0.15) is 0 Å². The van der Waals surface area contributed by atoms with Crippen LogP contribution in [0.4, 0.5) is 0 Å². The van der Waals surface area contributed by atoms with Gasteiger partial charge in [0, 0.05) is 6.61 Å². The average Bonchev–Trinajstić information content (AvgIpc) is 2.03. The van der Waals surface area contributed by atoms with Crippen LogP contribution < -0.4 is 0 Å². The summed E-state index contributed by atoms with van der Waals surface area (Å²) in [6.07, 6.45) is 3.33. The highest BCUT2D eigenvalue weighted by Crippen LogP contribution is 2.22. The van der Waals surface area contributed by atoms with Crippen molar-refractivity contribution in [3.63, 3.8) is 0 Å². The Hall–Kier alpha value is 0.0969. The highest BCUT2D eigenvalue weighted by Gasteiger charge is 2.27. The van der Waals surface area contributed by atoms with Crippen LogP contribution in [0, 0.1) is 0 Å². The van der Waals surface area contributed by atoms with Gasteiger partial charge in [-0.15, -0.1) is 0 Å². The minimum atomic E-state index is -0.291. The van der Waals surface area contributed by atoms with Crippen LogP contribution in [0.15, 0.2) is 0 Å². The molecule has 11 heavy (non-hydrogen) atoms. The monoisotopic (exact) mass is 176 g/mol. The van der Waals surface area contributed by atoms with E-state index in [1.807, 2.05) is 0 Å². The quantitative estimate of drug-likeness (QED) is 0.573. The number of aliphatic hydroxyl groups excluding tert-OH is 1. The summed E-state index contributed by atoms with van der Waals surface area (Å²) < 4.78 is 10.9. The van der Waals surface area contributed by atoms with Gasteiger partial charge in [-0.25, -0.2) is 0 Å². The van der Waals surface area contributed by atoms with Crippen molar-refractivity contribution >= 4 is 10.2 Å². The Morgan fingerprint density at radius 1 is 1.55 bits per heavy atom. The maximum atomic E-state index is 8.55. The van der Waals surface area contributed by atoms with Crippen LogP contribution in [-0.2, 0) is 9.47 Å². The molecular weight excluding hydrogens is 160 g/mol. The number of aliphatic hydroxyl groups is 1. The van der Waals surface area contributed by atoms with E-state index in [9.17, 15) is 0 Å². The first-order valence-electron chi connectivity index (χ1n) is 4.16. The lowest BCUT2D eigenvalue weighted by atomic mass is 10.2. The van der Waals surface area contributed by atoms with E-state index in [0.29, 0.717) is 6.61 Å². The zero-order chi connectivity index (χ0) is 8.16. The van der Waals surface area contributed by atoms with Crippen LogP contribution >= 0.6 is 0 Å². The fourth-order valence-corrected chi connectivity index (χ4v) is 2.05. The van der Waals surface area contributed by atoms with Crippen molar-refractivity contribution in [3.8, 4) is 0 Å². The number of rotatable bonds is 3. The number of hydrogen-bond acceptors (Lipinski definition) is 3. The third-order valence-electron chi connectivity index (χ3n) is 1.93. The molecule has 1 rings (SSSR count). The van der Waals surface area contributed by atoms with E-state index in [4.69, 9.17) is 14.6 Å². The van der Waals surface area contributed by atoms with Gasteiger partial charge in [0.25, 0.3) is 0 Å². The molecule has 1 aliphatic heterocycles. The van der Waals surface area contributed by atoms with E-state index in [1.165, 1.54) is 6.42 Å². The molecule has 0 aliphatic carbocycles. The lowest BCUT2D eigenvalue weighted by Gasteiger charge is -2.33. The summed E-state index contributed by atoms with van der Waals surface area (Å²) in [6, 6.07) is 0. The molecule has 1 saturated heterocycles. The summed E-state index contributed by atoms with van der Waals surface area (Å²) in [7, 11) is 0.889. The summed E-state index contributed by atoms with van der Waals surface area (Å²) >= 11 is 0. The fraction of sp³-hybridized carbons (Fsp3) is 1.00. The molecule has 1 unspecified atom stereocenters. The first kappa shape index (κ1) is 9.19. The number of ether oxygens (including phenoxy) is 2. The van der Waals surface area contributed by atoms with E-state index in [-0.39, 0.29) is 12.0 Å².